The first-order valence-corrected chi connectivity index (χ1v) is 13.1. The van der Waals surface area contributed by atoms with E-state index in [1.165, 1.54) is 24.3 Å². The van der Waals surface area contributed by atoms with Crippen molar-refractivity contribution in [3.63, 3.8) is 0 Å². The monoisotopic (exact) mass is 467 g/mol. The molecule has 1 saturated heterocycles. The van der Waals surface area contributed by atoms with E-state index in [1.807, 2.05) is 32.0 Å². The number of hydrogen-bond donors (Lipinski definition) is 1. The summed E-state index contributed by atoms with van der Waals surface area (Å²) < 4.78 is 61.1. The topological polar surface area (TPSA) is 116 Å². The van der Waals surface area contributed by atoms with Crippen LogP contribution >= 0.6 is 0 Å². The zero-order valence-corrected chi connectivity index (χ0v) is 19.0. The molecule has 1 fully saturated rings. The number of ether oxygens (including phenoxy) is 2. The molecule has 0 bridgehead atoms. The number of rotatable bonds is 8. The number of carbonyl (C=O) groups is 1. The average molecular weight is 468 g/mol. The van der Waals surface area contributed by atoms with Crippen molar-refractivity contribution in [3.8, 4) is 5.75 Å². The quantitative estimate of drug-likeness (QED) is 0.466. The molecule has 2 aromatic carbocycles. The van der Waals surface area contributed by atoms with Crippen molar-refractivity contribution in [3.05, 3.63) is 59.2 Å². The third-order valence-electron chi connectivity index (χ3n) is 4.87. The van der Waals surface area contributed by atoms with Gasteiger partial charge in [-0.3, -0.25) is 0 Å². The first kappa shape index (κ1) is 23.2. The lowest BCUT2D eigenvalue weighted by Crippen LogP contribution is -2.35. The molecule has 168 valence electrons. The highest BCUT2D eigenvalue weighted by atomic mass is 32.2. The van der Waals surface area contributed by atoms with Crippen molar-refractivity contribution in [2.75, 3.05) is 24.7 Å². The first-order valence-electron chi connectivity index (χ1n) is 9.76. The summed E-state index contributed by atoms with van der Waals surface area (Å²) >= 11 is 0. The Kier molecular flexibility index (Phi) is 7.03. The molecule has 1 aliphatic rings. The maximum Gasteiger partial charge on any atom is 0.338 e. The Morgan fingerprint density at radius 1 is 1.10 bits per heavy atom. The van der Waals surface area contributed by atoms with E-state index in [4.69, 9.17) is 9.47 Å². The lowest BCUT2D eigenvalue weighted by atomic mass is 10.1. The van der Waals surface area contributed by atoms with E-state index in [-0.39, 0.29) is 41.6 Å². The highest BCUT2D eigenvalue weighted by Gasteiger charge is 2.31. The van der Waals surface area contributed by atoms with Crippen molar-refractivity contribution in [2.24, 2.45) is 0 Å². The second-order valence-electron chi connectivity index (χ2n) is 7.50. The lowest BCUT2D eigenvalue weighted by molar-refractivity contribution is 0.0450. The minimum atomic E-state index is -3.88. The van der Waals surface area contributed by atoms with Crippen molar-refractivity contribution in [2.45, 2.75) is 31.2 Å². The van der Waals surface area contributed by atoms with E-state index in [0.717, 1.165) is 16.9 Å². The molecular formula is C21H25NO7S2. The summed E-state index contributed by atoms with van der Waals surface area (Å²) in [6.45, 7) is 4.12. The highest BCUT2D eigenvalue weighted by Crippen LogP contribution is 2.19. The fraction of sp³-hybridized carbons (Fsp3) is 0.381. The standard InChI is InChI=1S/C21H25NO7S2/c1-15-3-4-16(2)20(13-15)28-10-11-29-21(23)17-5-7-19(8-6-17)31(26,27)22-18-9-12-30(24,25)14-18/h3-8,13,18,22H,9-12,14H2,1-2H3. The van der Waals surface area contributed by atoms with Gasteiger partial charge in [0, 0.05) is 6.04 Å². The molecule has 1 aliphatic heterocycles. The summed E-state index contributed by atoms with van der Waals surface area (Å²) in [5, 5.41) is 0. The Morgan fingerprint density at radius 3 is 2.45 bits per heavy atom. The molecule has 1 heterocycles. The van der Waals surface area contributed by atoms with Gasteiger partial charge in [-0.2, -0.15) is 0 Å². The van der Waals surface area contributed by atoms with Gasteiger partial charge in [0.15, 0.2) is 9.84 Å². The number of sulfone groups is 1. The zero-order chi connectivity index (χ0) is 22.6. The Labute approximate surface area is 182 Å². The zero-order valence-electron chi connectivity index (χ0n) is 17.3. The lowest BCUT2D eigenvalue weighted by Gasteiger charge is -2.12. The van der Waals surface area contributed by atoms with Crippen LogP contribution in [0.15, 0.2) is 47.4 Å². The van der Waals surface area contributed by atoms with E-state index in [1.54, 1.807) is 0 Å². The van der Waals surface area contributed by atoms with Crippen LogP contribution in [0.25, 0.3) is 0 Å². The van der Waals surface area contributed by atoms with Gasteiger partial charge < -0.3 is 9.47 Å². The van der Waals surface area contributed by atoms with Crippen LogP contribution in [0.4, 0.5) is 0 Å². The third kappa shape index (κ3) is 6.28. The van der Waals surface area contributed by atoms with Crippen LogP contribution in [0, 0.1) is 13.8 Å². The second-order valence-corrected chi connectivity index (χ2v) is 11.4. The predicted octanol–water partition coefficient (Wildman–Crippen LogP) is 2.00. The number of sulfonamides is 1. The number of aryl methyl sites for hydroxylation is 2. The van der Waals surface area contributed by atoms with Gasteiger partial charge in [0.1, 0.15) is 19.0 Å². The molecule has 0 aliphatic carbocycles. The van der Waals surface area contributed by atoms with E-state index < -0.39 is 31.9 Å². The van der Waals surface area contributed by atoms with Crippen LogP contribution < -0.4 is 9.46 Å². The molecule has 31 heavy (non-hydrogen) atoms. The Bertz CT molecular complexity index is 1160. The molecule has 0 radical (unpaired) electrons. The Balaban J connectivity index is 1.52. The fourth-order valence-electron chi connectivity index (χ4n) is 3.18. The van der Waals surface area contributed by atoms with Gasteiger partial charge in [-0.1, -0.05) is 12.1 Å². The van der Waals surface area contributed by atoms with Gasteiger partial charge in [-0.05, 0) is 61.7 Å². The van der Waals surface area contributed by atoms with Crippen LogP contribution in [-0.2, 0) is 24.6 Å². The number of hydrogen-bond acceptors (Lipinski definition) is 7. The van der Waals surface area contributed by atoms with Crippen LogP contribution in [0.1, 0.15) is 27.9 Å². The highest BCUT2D eigenvalue weighted by molar-refractivity contribution is 7.92. The molecular weight excluding hydrogens is 442 g/mol. The molecule has 8 nitrogen and oxygen atoms in total. The van der Waals surface area contributed by atoms with Crippen molar-refractivity contribution in [1.82, 2.24) is 4.72 Å². The van der Waals surface area contributed by atoms with E-state index >= 15 is 0 Å². The van der Waals surface area contributed by atoms with Gasteiger partial charge >= 0.3 is 5.97 Å². The fourth-order valence-corrected chi connectivity index (χ4v) is 6.23. The maximum absolute atomic E-state index is 12.4. The number of benzene rings is 2. The summed E-state index contributed by atoms with van der Waals surface area (Å²) in [6.07, 6.45) is 0.246. The summed E-state index contributed by atoms with van der Waals surface area (Å²) in [6, 6.07) is 10.5. The molecule has 10 heteroatoms. The summed E-state index contributed by atoms with van der Waals surface area (Å²) in [5.74, 6) is -0.102. The largest absolute Gasteiger partial charge is 0.490 e. The minimum absolute atomic E-state index is 0.0296. The molecule has 1 atom stereocenters. The molecule has 2 aromatic rings. The van der Waals surface area contributed by atoms with Gasteiger partial charge in [0.25, 0.3) is 0 Å². The normalized spacial score (nSPS) is 17.9. The van der Waals surface area contributed by atoms with Crippen molar-refractivity contribution < 1.29 is 31.1 Å². The third-order valence-corrected chi connectivity index (χ3v) is 8.18. The molecule has 0 amide bonds. The van der Waals surface area contributed by atoms with Crippen LogP contribution in [-0.4, -0.2) is 53.6 Å². The van der Waals surface area contributed by atoms with Crippen LogP contribution in [0.2, 0.25) is 0 Å². The number of esters is 1. The van der Waals surface area contributed by atoms with E-state index in [2.05, 4.69) is 4.72 Å². The predicted molar refractivity (Wildman–Crippen MR) is 116 cm³/mol. The smallest absolute Gasteiger partial charge is 0.338 e. The molecule has 0 spiro atoms. The molecule has 0 aromatic heterocycles. The van der Waals surface area contributed by atoms with Crippen molar-refractivity contribution in [1.29, 1.82) is 0 Å². The van der Waals surface area contributed by atoms with E-state index in [0.29, 0.717) is 0 Å². The van der Waals surface area contributed by atoms with Gasteiger partial charge in [0.2, 0.25) is 10.0 Å². The number of nitrogens with one attached hydrogen (secondary N) is 1. The van der Waals surface area contributed by atoms with Crippen LogP contribution in [0.5, 0.6) is 5.75 Å². The van der Waals surface area contributed by atoms with E-state index in [9.17, 15) is 21.6 Å². The summed E-state index contributed by atoms with van der Waals surface area (Å²) in [5.41, 5.74) is 2.25. The van der Waals surface area contributed by atoms with Gasteiger partial charge in [-0.25, -0.2) is 26.4 Å². The van der Waals surface area contributed by atoms with Gasteiger partial charge in [-0.15, -0.1) is 0 Å². The van der Waals surface area contributed by atoms with Gasteiger partial charge in [0.05, 0.1) is 22.0 Å². The molecule has 1 N–H and O–H groups in total. The first-order chi connectivity index (χ1) is 14.6. The Morgan fingerprint density at radius 2 is 1.81 bits per heavy atom. The minimum Gasteiger partial charge on any atom is -0.490 e. The van der Waals surface area contributed by atoms with Crippen molar-refractivity contribution >= 4 is 25.8 Å². The number of carbonyl (C=O) groups excluding carboxylic acids is 1. The summed E-state index contributed by atoms with van der Waals surface area (Å²) in [7, 11) is -7.08. The molecule has 3 rings (SSSR count). The average Bonchev–Trinajstić information content (AvgIpc) is 3.05. The second kappa shape index (κ2) is 9.37. The van der Waals surface area contributed by atoms with Crippen LogP contribution in [0.3, 0.4) is 0 Å². The maximum atomic E-state index is 12.4. The molecule has 1 unspecified atom stereocenters. The SMILES string of the molecule is Cc1ccc(C)c(OCCOC(=O)c2ccc(S(=O)(=O)NC3CCS(=O)(=O)C3)cc2)c1. The Hall–Kier alpha value is -2.43. The molecule has 0 saturated carbocycles. The summed E-state index contributed by atoms with van der Waals surface area (Å²) in [4.78, 5) is 12.1.